The van der Waals surface area contributed by atoms with Gasteiger partial charge in [0.15, 0.2) is 0 Å². The van der Waals surface area contributed by atoms with Crippen molar-refractivity contribution in [1.82, 2.24) is 0 Å². The Morgan fingerprint density at radius 3 is 2.58 bits per heavy atom. The molecule has 1 atom stereocenters. The average molecular weight is 179 g/mol. The zero-order valence-corrected chi connectivity index (χ0v) is 7.01. The third-order valence-corrected chi connectivity index (χ3v) is 2.07. The molecule has 0 aromatic carbocycles. The van der Waals surface area contributed by atoms with Gasteiger partial charge in [-0.3, -0.25) is 0 Å². The summed E-state index contributed by atoms with van der Waals surface area (Å²) in [4.78, 5) is 0. The van der Waals surface area contributed by atoms with Gasteiger partial charge in [0.1, 0.15) is 6.61 Å². The number of ether oxygens (including phenoxy) is 1. The Labute approximate surface area is 71.1 Å². The second kappa shape index (κ2) is 4.72. The van der Waals surface area contributed by atoms with Gasteiger partial charge in [-0.1, -0.05) is 0 Å². The van der Waals surface area contributed by atoms with Gasteiger partial charge in [-0.2, -0.15) is 0 Å². The molecule has 0 amide bonds. The van der Waals surface area contributed by atoms with Gasteiger partial charge in [0.05, 0.1) is 0 Å². The van der Waals surface area contributed by atoms with Crippen LogP contribution < -0.4 is 5.73 Å². The first-order chi connectivity index (χ1) is 5.70. The van der Waals surface area contributed by atoms with Gasteiger partial charge in [-0.05, 0) is 25.2 Å². The van der Waals surface area contributed by atoms with Crippen LogP contribution in [0.5, 0.6) is 0 Å². The first-order valence-corrected chi connectivity index (χ1v) is 4.31. The Kier molecular flexibility index (Phi) is 3.88. The summed E-state index contributed by atoms with van der Waals surface area (Å²) in [5, 5.41) is 0. The molecule has 0 aliphatic heterocycles. The Balaban J connectivity index is 1.87. The number of alkyl halides is 2. The standard InChI is InChI=1S/C8H15F2NO/c9-8(10)5-12-4-3-7(11)6-1-2-6/h6-8H,1-5,11H2. The molecule has 0 saturated heterocycles. The van der Waals surface area contributed by atoms with Gasteiger partial charge in [0.2, 0.25) is 0 Å². The summed E-state index contributed by atoms with van der Waals surface area (Å²) in [6.07, 6.45) is 0.728. The van der Waals surface area contributed by atoms with E-state index >= 15 is 0 Å². The summed E-state index contributed by atoms with van der Waals surface area (Å²) in [5.74, 6) is 0.625. The lowest BCUT2D eigenvalue weighted by Crippen LogP contribution is -2.24. The molecule has 0 aromatic rings. The van der Waals surface area contributed by atoms with Crippen molar-refractivity contribution in [3.8, 4) is 0 Å². The van der Waals surface area contributed by atoms with Gasteiger partial charge in [-0.25, -0.2) is 8.78 Å². The molecule has 1 aliphatic rings. The van der Waals surface area contributed by atoms with Crippen molar-refractivity contribution >= 4 is 0 Å². The molecule has 1 fully saturated rings. The van der Waals surface area contributed by atoms with E-state index in [1.807, 2.05) is 0 Å². The fourth-order valence-electron chi connectivity index (χ4n) is 1.15. The fourth-order valence-corrected chi connectivity index (χ4v) is 1.15. The van der Waals surface area contributed by atoms with E-state index in [0.717, 1.165) is 0 Å². The maximum Gasteiger partial charge on any atom is 0.261 e. The molecule has 2 nitrogen and oxygen atoms in total. The maximum absolute atomic E-state index is 11.6. The van der Waals surface area contributed by atoms with E-state index in [0.29, 0.717) is 18.9 Å². The molecule has 1 saturated carbocycles. The highest BCUT2D eigenvalue weighted by Crippen LogP contribution is 2.32. The molecule has 12 heavy (non-hydrogen) atoms. The van der Waals surface area contributed by atoms with Crippen molar-refractivity contribution in [2.45, 2.75) is 31.7 Å². The Morgan fingerprint density at radius 1 is 1.42 bits per heavy atom. The minimum Gasteiger partial charge on any atom is -0.375 e. The van der Waals surface area contributed by atoms with E-state index in [1.54, 1.807) is 0 Å². The smallest absolute Gasteiger partial charge is 0.261 e. The van der Waals surface area contributed by atoms with Crippen molar-refractivity contribution in [2.24, 2.45) is 11.7 Å². The molecular formula is C8H15F2NO. The summed E-state index contributed by atoms with van der Waals surface area (Å²) in [5.41, 5.74) is 5.73. The van der Waals surface area contributed by atoms with Crippen LogP contribution in [0.25, 0.3) is 0 Å². The molecule has 1 rings (SSSR count). The van der Waals surface area contributed by atoms with Gasteiger partial charge >= 0.3 is 0 Å². The van der Waals surface area contributed by atoms with Crippen molar-refractivity contribution in [3.05, 3.63) is 0 Å². The highest BCUT2D eigenvalue weighted by molar-refractivity contribution is 4.83. The first kappa shape index (κ1) is 9.86. The van der Waals surface area contributed by atoms with E-state index in [-0.39, 0.29) is 6.04 Å². The van der Waals surface area contributed by atoms with Crippen molar-refractivity contribution in [2.75, 3.05) is 13.2 Å². The highest BCUT2D eigenvalue weighted by Gasteiger charge is 2.27. The number of rotatable bonds is 6. The van der Waals surface area contributed by atoms with E-state index in [9.17, 15) is 8.78 Å². The van der Waals surface area contributed by atoms with Gasteiger partial charge < -0.3 is 10.5 Å². The number of hydrogen-bond donors (Lipinski definition) is 1. The Hall–Kier alpha value is -0.220. The number of halogens is 2. The Morgan fingerprint density at radius 2 is 2.08 bits per heavy atom. The summed E-state index contributed by atoms with van der Waals surface area (Å²) >= 11 is 0. The minimum atomic E-state index is -2.36. The van der Waals surface area contributed by atoms with Crippen LogP contribution in [0.15, 0.2) is 0 Å². The topological polar surface area (TPSA) is 35.2 Å². The molecular weight excluding hydrogens is 164 g/mol. The predicted molar refractivity (Wildman–Crippen MR) is 42.1 cm³/mol. The van der Waals surface area contributed by atoms with Crippen LogP contribution in [-0.4, -0.2) is 25.7 Å². The van der Waals surface area contributed by atoms with Crippen molar-refractivity contribution < 1.29 is 13.5 Å². The largest absolute Gasteiger partial charge is 0.375 e. The molecule has 2 N–H and O–H groups in total. The lowest BCUT2D eigenvalue weighted by Gasteiger charge is -2.09. The van der Waals surface area contributed by atoms with Crippen LogP contribution in [-0.2, 0) is 4.74 Å². The lowest BCUT2D eigenvalue weighted by molar-refractivity contribution is 0.0148. The zero-order chi connectivity index (χ0) is 8.97. The van der Waals surface area contributed by atoms with Crippen LogP contribution in [0.2, 0.25) is 0 Å². The number of hydrogen-bond acceptors (Lipinski definition) is 2. The summed E-state index contributed by atoms with van der Waals surface area (Å²) < 4.78 is 27.9. The molecule has 1 unspecified atom stereocenters. The van der Waals surface area contributed by atoms with Gasteiger partial charge in [-0.15, -0.1) is 0 Å². The summed E-state index contributed by atoms with van der Waals surface area (Å²) in [6.45, 7) is -0.0978. The molecule has 0 radical (unpaired) electrons. The van der Waals surface area contributed by atoms with E-state index in [4.69, 9.17) is 10.5 Å². The number of nitrogens with two attached hydrogens (primary N) is 1. The summed E-state index contributed by atoms with van der Waals surface area (Å²) in [6, 6.07) is 0.155. The second-order valence-electron chi connectivity index (χ2n) is 3.26. The minimum absolute atomic E-state index is 0.155. The SMILES string of the molecule is NC(CCOCC(F)F)C1CC1. The van der Waals surface area contributed by atoms with E-state index in [2.05, 4.69) is 0 Å². The Bertz CT molecular complexity index is 128. The van der Waals surface area contributed by atoms with Crippen molar-refractivity contribution in [1.29, 1.82) is 0 Å². The molecule has 0 aromatic heterocycles. The van der Waals surface area contributed by atoms with Crippen LogP contribution in [0.1, 0.15) is 19.3 Å². The molecule has 1 aliphatic carbocycles. The van der Waals surface area contributed by atoms with E-state index < -0.39 is 13.0 Å². The first-order valence-electron chi connectivity index (χ1n) is 4.31. The maximum atomic E-state index is 11.6. The fraction of sp³-hybridized carbons (Fsp3) is 1.00. The van der Waals surface area contributed by atoms with Gasteiger partial charge in [0.25, 0.3) is 6.43 Å². The van der Waals surface area contributed by atoms with Crippen LogP contribution in [0.4, 0.5) is 8.78 Å². The van der Waals surface area contributed by atoms with Crippen molar-refractivity contribution in [3.63, 3.8) is 0 Å². The molecule has 0 heterocycles. The normalized spacial score (nSPS) is 20.0. The molecule has 4 heteroatoms. The second-order valence-corrected chi connectivity index (χ2v) is 3.26. The van der Waals surface area contributed by atoms with E-state index in [1.165, 1.54) is 12.8 Å². The quantitative estimate of drug-likeness (QED) is 0.625. The monoisotopic (exact) mass is 179 g/mol. The predicted octanol–water partition coefficient (Wildman–Crippen LogP) is 1.40. The van der Waals surface area contributed by atoms with Gasteiger partial charge in [0, 0.05) is 12.6 Å². The molecule has 0 bridgehead atoms. The zero-order valence-electron chi connectivity index (χ0n) is 7.01. The van der Waals surface area contributed by atoms with Crippen LogP contribution >= 0.6 is 0 Å². The highest BCUT2D eigenvalue weighted by atomic mass is 19.3. The molecule has 72 valence electrons. The lowest BCUT2D eigenvalue weighted by atomic mass is 10.1. The van der Waals surface area contributed by atoms with Crippen LogP contribution in [0, 0.1) is 5.92 Å². The third kappa shape index (κ3) is 3.97. The third-order valence-electron chi connectivity index (χ3n) is 2.07. The van der Waals surface area contributed by atoms with Crippen LogP contribution in [0.3, 0.4) is 0 Å². The average Bonchev–Trinajstić information content (AvgIpc) is 2.79. The molecule has 0 spiro atoms. The summed E-state index contributed by atoms with van der Waals surface area (Å²) in [7, 11) is 0.